The average Bonchev–Trinajstić information content (AvgIpc) is 2.71. The smallest absolute Gasteiger partial charge is 0.268 e. The molecule has 4 nitrogen and oxygen atoms in total. The molecular weight excluding hydrogens is 262 g/mol. The van der Waals surface area contributed by atoms with Crippen LogP contribution in [0.15, 0.2) is 12.1 Å². The van der Waals surface area contributed by atoms with Crippen LogP contribution in [0.1, 0.15) is 41.9 Å². The number of carbonyl (C=O) groups excluding carboxylic acids is 1. The fourth-order valence-electron chi connectivity index (χ4n) is 2.76. The van der Waals surface area contributed by atoms with Gasteiger partial charge < -0.3 is 15.6 Å². The molecule has 1 amide bonds. The first kappa shape index (κ1) is 16.1. The number of amides is 1. The first-order chi connectivity index (χ1) is 8.63. The highest BCUT2D eigenvalue weighted by Crippen LogP contribution is 2.23. The van der Waals surface area contributed by atoms with Gasteiger partial charge in [-0.15, -0.1) is 12.4 Å². The summed E-state index contributed by atoms with van der Waals surface area (Å²) in [5, 5.41) is 3.15. The SMILES string of the molecule is Cc1ccc(C(=O)NC2CCCCC2CN)n1C.Cl. The van der Waals surface area contributed by atoms with Crippen molar-refractivity contribution < 1.29 is 4.79 Å². The molecule has 1 aromatic heterocycles. The summed E-state index contributed by atoms with van der Waals surface area (Å²) in [6.07, 6.45) is 4.61. The van der Waals surface area contributed by atoms with E-state index in [4.69, 9.17) is 5.73 Å². The third-order valence-corrected chi connectivity index (χ3v) is 4.13. The molecule has 1 aromatic rings. The number of halogens is 1. The Kier molecular flexibility index (Phi) is 5.88. The van der Waals surface area contributed by atoms with Gasteiger partial charge in [0.2, 0.25) is 0 Å². The number of carbonyl (C=O) groups is 1. The molecule has 0 aromatic carbocycles. The number of nitrogens with two attached hydrogens (primary N) is 1. The van der Waals surface area contributed by atoms with Gasteiger partial charge in [0.25, 0.3) is 5.91 Å². The summed E-state index contributed by atoms with van der Waals surface area (Å²) in [4.78, 5) is 12.2. The van der Waals surface area contributed by atoms with Crippen molar-refractivity contribution in [3.63, 3.8) is 0 Å². The molecule has 108 valence electrons. The molecule has 0 radical (unpaired) electrons. The quantitative estimate of drug-likeness (QED) is 0.892. The van der Waals surface area contributed by atoms with Crippen molar-refractivity contribution in [2.24, 2.45) is 18.7 Å². The molecule has 0 saturated heterocycles. The van der Waals surface area contributed by atoms with E-state index in [1.54, 1.807) is 0 Å². The van der Waals surface area contributed by atoms with Gasteiger partial charge in [0.1, 0.15) is 5.69 Å². The zero-order chi connectivity index (χ0) is 13.1. The number of aryl methyl sites for hydroxylation is 1. The molecule has 0 spiro atoms. The highest BCUT2D eigenvalue weighted by molar-refractivity contribution is 5.93. The molecule has 5 heteroatoms. The second kappa shape index (κ2) is 6.96. The van der Waals surface area contributed by atoms with Crippen molar-refractivity contribution >= 4 is 18.3 Å². The molecule has 0 aliphatic heterocycles. The highest BCUT2D eigenvalue weighted by Gasteiger charge is 2.26. The lowest BCUT2D eigenvalue weighted by Crippen LogP contribution is -2.45. The summed E-state index contributed by atoms with van der Waals surface area (Å²) in [5.41, 5.74) is 7.61. The molecule has 1 aliphatic rings. The van der Waals surface area contributed by atoms with Gasteiger partial charge in [-0.05, 0) is 44.4 Å². The Morgan fingerprint density at radius 1 is 1.42 bits per heavy atom. The minimum absolute atomic E-state index is 0. The number of rotatable bonds is 3. The summed E-state index contributed by atoms with van der Waals surface area (Å²) in [7, 11) is 1.92. The third kappa shape index (κ3) is 3.51. The van der Waals surface area contributed by atoms with Gasteiger partial charge in [0.05, 0.1) is 0 Å². The fourth-order valence-corrected chi connectivity index (χ4v) is 2.76. The zero-order valence-corrected chi connectivity index (χ0v) is 12.5. The Morgan fingerprint density at radius 2 is 2.11 bits per heavy atom. The van der Waals surface area contributed by atoms with E-state index < -0.39 is 0 Å². The Hall–Kier alpha value is -1.00. The van der Waals surface area contributed by atoms with Crippen LogP contribution in [0.25, 0.3) is 0 Å². The second-order valence-corrected chi connectivity index (χ2v) is 5.28. The van der Waals surface area contributed by atoms with Crippen molar-refractivity contribution in [1.82, 2.24) is 9.88 Å². The van der Waals surface area contributed by atoms with Crippen LogP contribution in [0.2, 0.25) is 0 Å². The molecule has 19 heavy (non-hydrogen) atoms. The molecule has 0 bridgehead atoms. The van der Waals surface area contributed by atoms with E-state index in [-0.39, 0.29) is 24.4 Å². The molecule has 2 rings (SSSR count). The van der Waals surface area contributed by atoms with Crippen LogP contribution in [0.3, 0.4) is 0 Å². The van der Waals surface area contributed by atoms with Gasteiger partial charge >= 0.3 is 0 Å². The van der Waals surface area contributed by atoms with Crippen LogP contribution in [-0.2, 0) is 7.05 Å². The largest absolute Gasteiger partial charge is 0.348 e. The lowest BCUT2D eigenvalue weighted by atomic mass is 9.84. The van der Waals surface area contributed by atoms with Crippen LogP contribution in [0.5, 0.6) is 0 Å². The van der Waals surface area contributed by atoms with E-state index in [1.807, 2.05) is 30.7 Å². The summed E-state index contributed by atoms with van der Waals surface area (Å²) < 4.78 is 1.93. The summed E-state index contributed by atoms with van der Waals surface area (Å²) in [6, 6.07) is 4.09. The maximum absolute atomic E-state index is 12.2. The zero-order valence-electron chi connectivity index (χ0n) is 11.7. The van der Waals surface area contributed by atoms with Gasteiger partial charge in [-0.2, -0.15) is 0 Å². The van der Waals surface area contributed by atoms with Crippen molar-refractivity contribution in [2.45, 2.75) is 38.6 Å². The molecule has 1 heterocycles. The predicted octanol–water partition coefficient (Wildman–Crippen LogP) is 2.00. The van der Waals surface area contributed by atoms with E-state index in [0.29, 0.717) is 12.5 Å². The first-order valence-corrected chi connectivity index (χ1v) is 6.76. The topological polar surface area (TPSA) is 60.1 Å². The van der Waals surface area contributed by atoms with E-state index >= 15 is 0 Å². The Bertz CT molecular complexity index is 430. The molecule has 2 atom stereocenters. The number of nitrogens with one attached hydrogen (secondary N) is 1. The normalized spacial score (nSPS) is 22.7. The van der Waals surface area contributed by atoms with Crippen LogP contribution in [0, 0.1) is 12.8 Å². The van der Waals surface area contributed by atoms with Crippen LogP contribution in [0.4, 0.5) is 0 Å². The molecule has 3 N–H and O–H groups in total. The minimum atomic E-state index is 0. The van der Waals surface area contributed by atoms with E-state index in [9.17, 15) is 4.79 Å². The predicted molar refractivity (Wildman–Crippen MR) is 79.7 cm³/mol. The molecule has 1 aliphatic carbocycles. The number of hydrogen-bond acceptors (Lipinski definition) is 2. The lowest BCUT2D eigenvalue weighted by molar-refractivity contribution is 0.0899. The summed E-state index contributed by atoms with van der Waals surface area (Å²) >= 11 is 0. The van der Waals surface area contributed by atoms with Crippen molar-refractivity contribution in [3.8, 4) is 0 Å². The maximum atomic E-state index is 12.2. The van der Waals surface area contributed by atoms with Gasteiger partial charge in [-0.1, -0.05) is 12.8 Å². The van der Waals surface area contributed by atoms with Crippen molar-refractivity contribution in [1.29, 1.82) is 0 Å². The standard InChI is InChI=1S/C14H23N3O.ClH/c1-10-7-8-13(17(10)2)14(18)16-12-6-4-3-5-11(12)9-15;/h7-8,11-12H,3-6,9,15H2,1-2H3,(H,16,18);1H. The fraction of sp³-hybridized carbons (Fsp3) is 0.643. The van der Waals surface area contributed by atoms with Gasteiger partial charge in [0.15, 0.2) is 0 Å². The van der Waals surface area contributed by atoms with Gasteiger partial charge in [-0.25, -0.2) is 0 Å². The van der Waals surface area contributed by atoms with Gasteiger partial charge in [-0.3, -0.25) is 4.79 Å². The highest BCUT2D eigenvalue weighted by atomic mass is 35.5. The number of hydrogen-bond donors (Lipinski definition) is 2. The average molecular weight is 286 g/mol. The van der Waals surface area contributed by atoms with Crippen LogP contribution < -0.4 is 11.1 Å². The summed E-state index contributed by atoms with van der Waals surface area (Å²) in [6.45, 7) is 2.66. The molecular formula is C14H24ClN3O. The maximum Gasteiger partial charge on any atom is 0.268 e. The second-order valence-electron chi connectivity index (χ2n) is 5.28. The van der Waals surface area contributed by atoms with Crippen molar-refractivity contribution in [3.05, 3.63) is 23.5 Å². The van der Waals surface area contributed by atoms with Crippen molar-refractivity contribution in [2.75, 3.05) is 6.54 Å². The molecule has 1 fully saturated rings. The first-order valence-electron chi connectivity index (χ1n) is 6.76. The van der Waals surface area contributed by atoms with Gasteiger partial charge in [0, 0.05) is 18.8 Å². The number of aromatic nitrogens is 1. The Labute approximate surface area is 121 Å². The van der Waals surface area contributed by atoms with E-state index in [2.05, 4.69) is 5.32 Å². The number of nitrogens with zero attached hydrogens (tertiary/aromatic N) is 1. The molecule has 1 saturated carbocycles. The van der Waals surface area contributed by atoms with E-state index in [1.165, 1.54) is 12.8 Å². The Balaban J connectivity index is 0.00000180. The summed E-state index contributed by atoms with van der Waals surface area (Å²) in [5.74, 6) is 0.458. The molecule has 2 unspecified atom stereocenters. The van der Waals surface area contributed by atoms with E-state index in [0.717, 1.165) is 24.2 Å². The Morgan fingerprint density at radius 3 is 2.68 bits per heavy atom. The lowest BCUT2D eigenvalue weighted by Gasteiger charge is -2.31. The minimum Gasteiger partial charge on any atom is -0.348 e. The van der Waals surface area contributed by atoms with Crippen LogP contribution in [-0.4, -0.2) is 23.1 Å². The third-order valence-electron chi connectivity index (χ3n) is 4.13. The monoisotopic (exact) mass is 285 g/mol. The van der Waals surface area contributed by atoms with Crippen LogP contribution >= 0.6 is 12.4 Å².